The van der Waals surface area contributed by atoms with E-state index in [-0.39, 0.29) is 5.91 Å². The lowest BCUT2D eigenvalue weighted by molar-refractivity contribution is 0.102. The predicted octanol–water partition coefficient (Wildman–Crippen LogP) is 5.31. The molecule has 6 nitrogen and oxygen atoms in total. The van der Waals surface area contributed by atoms with Gasteiger partial charge in [0.25, 0.3) is 5.91 Å². The lowest BCUT2D eigenvalue weighted by Crippen LogP contribution is -2.30. The summed E-state index contributed by atoms with van der Waals surface area (Å²) in [5.41, 5.74) is 7.36. The Morgan fingerprint density at radius 3 is 2.47 bits per heavy atom. The maximum atomic E-state index is 13.1. The van der Waals surface area contributed by atoms with Crippen LogP contribution in [0.1, 0.15) is 15.9 Å². The fourth-order valence-corrected chi connectivity index (χ4v) is 4.51. The Kier molecular flexibility index (Phi) is 8.38. The molecule has 4 rings (SSSR count). The van der Waals surface area contributed by atoms with Gasteiger partial charge in [0.15, 0.2) is 0 Å². The van der Waals surface area contributed by atoms with Crippen molar-refractivity contribution in [3.63, 3.8) is 0 Å². The van der Waals surface area contributed by atoms with Crippen LogP contribution in [0.25, 0.3) is 21.3 Å². The number of methoxy groups -OCH3 is 2. The summed E-state index contributed by atoms with van der Waals surface area (Å²) in [4.78, 5) is 19.8. The van der Waals surface area contributed by atoms with E-state index < -0.39 is 0 Å². The molecule has 7 heteroatoms. The monoisotopic (exact) mass is 475 g/mol. The minimum absolute atomic E-state index is 0.143. The molecule has 34 heavy (non-hydrogen) atoms. The van der Waals surface area contributed by atoms with Gasteiger partial charge < -0.3 is 14.8 Å². The van der Waals surface area contributed by atoms with Crippen molar-refractivity contribution >= 4 is 33.1 Å². The van der Waals surface area contributed by atoms with Gasteiger partial charge in [0.2, 0.25) is 0 Å². The quantitative estimate of drug-likeness (QED) is 0.318. The van der Waals surface area contributed by atoms with Gasteiger partial charge >= 0.3 is 0 Å². The summed E-state index contributed by atoms with van der Waals surface area (Å²) in [6.07, 6.45) is 0. The van der Waals surface area contributed by atoms with Crippen molar-refractivity contribution in [3.05, 3.63) is 83.4 Å². The summed E-state index contributed by atoms with van der Waals surface area (Å²) in [5, 5.41) is 3.02. The molecule has 1 heterocycles. The van der Waals surface area contributed by atoms with Crippen LogP contribution in [0.3, 0.4) is 0 Å². The molecule has 0 aliphatic rings. The van der Waals surface area contributed by atoms with Crippen LogP contribution >= 0.6 is 11.3 Å². The summed E-state index contributed by atoms with van der Waals surface area (Å²) in [7, 11) is 3.41. The molecule has 0 unspecified atom stereocenters. The molecule has 0 aliphatic carbocycles. The average Bonchev–Trinajstić information content (AvgIpc) is 3.34. The number of fused-ring (bicyclic) bond motifs is 1. The number of carbonyl (C=O) groups excluding carboxylic acids is 1. The van der Waals surface area contributed by atoms with E-state index >= 15 is 0 Å². The van der Waals surface area contributed by atoms with Crippen LogP contribution in [0, 0.1) is 0 Å². The molecule has 4 aromatic rings. The van der Waals surface area contributed by atoms with Crippen molar-refractivity contribution in [2.75, 3.05) is 45.8 Å². The lowest BCUT2D eigenvalue weighted by atomic mass is 9.96. The van der Waals surface area contributed by atoms with E-state index in [2.05, 4.69) is 27.3 Å². The fraction of sp³-hybridized carbons (Fsp3) is 0.259. The summed E-state index contributed by atoms with van der Waals surface area (Å²) in [6, 6.07) is 22.0. The van der Waals surface area contributed by atoms with E-state index in [1.54, 1.807) is 25.6 Å². The molecule has 1 N–H and O–H groups in total. The first kappa shape index (κ1) is 24.0. The summed E-state index contributed by atoms with van der Waals surface area (Å²) < 4.78 is 11.7. The zero-order valence-corrected chi connectivity index (χ0v) is 20.3. The Morgan fingerprint density at radius 2 is 1.74 bits per heavy atom. The Morgan fingerprint density at radius 1 is 0.971 bits per heavy atom. The van der Waals surface area contributed by atoms with Crippen LogP contribution in [-0.4, -0.2) is 56.3 Å². The zero-order valence-electron chi connectivity index (χ0n) is 19.5. The number of aromatic nitrogens is 1. The first-order chi connectivity index (χ1) is 16.7. The minimum atomic E-state index is -0.143. The second kappa shape index (κ2) is 11.9. The van der Waals surface area contributed by atoms with Gasteiger partial charge in [0.05, 0.1) is 28.9 Å². The molecule has 1 amide bonds. The summed E-state index contributed by atoms with van der Waals surface area (Å²) in [6.45, 7) is 3.49. The topological polar surface area (TPSA) is 63.7 Å². The molecule has 0 atom stereocenters. The number of hydrogen-bond acceptors (Lipinski definition) is 6. The van der Waals surface area contributed by atoms with Crippen LogP contribution in [0.15, 0.2) is 72.2 Å². The number of hydrogen-bond donors (Lipinski definition) is 1. The third-order valence-corrected chi connectivity index (χ3v) is 6.47. The van der Waals surface area contributed by atoms with Crippen LogP contribution in [0.2, 0.25) is 0 Å². The average molecular weight is 476 g/mol. The molecular formula is C27H29N3O3S. The smallest absolute Gasteiger partial charge is 0.255 e. The highest BCUT2D eigenvalue weighted by atomic mass is 32.1. The molecule has 1 aromatic heterocycles. The molecule has 0 saturated heterocycles. The van der Waals surface area contributed by atoms with Crippen molar-refractivity contribution < 1.29 is 14.3 Å². The van der Waals surface area contributed by atoms with Gasteiger partial charge in [-0.1, -0.05) is 36.4 Å². The first-order valence-corrected chi connectivity index (χ1v) is 12.1. The first-order valence-electron chi connectivity index (χ1n) is 11.2. The Bertz CT molecular complexity index is 1220. The molecule has 0 radical (unpaired) electrons. The van der Waals surface area contributed by atoms with Gasteiger partial charge in [-0.3, -0.25) is 9.69 Å². The second-order valence-corrected chi connectivity index (χ2v) is 8.88. The largest absolute Gasteiger partial charge is 0.383 e. The fourth-order valence-electron chi connectivity index (χ4n) is 3.86. The lowest BCUT2D eigenvalue weighted by Gasteiger charge is -2.23. The van der Waals surface area contributed by atoms with Gasteiger partial charge in [-0.15, -0.1) is 11.3 Å². The minimum Gasteiger partial charge on any atom is -0.383 e. The van der Waals surface area contributed by atoms with E-state index in [4.69, 9.17) is 9.47 Å². The standard InChI is InChI=1S/C27H29N3O3S/c1-32-14-12-30(13-15-33-2)18-22-16-21(8-10-24(22)20-6-4-3-5-7-20)27(31)29-23-9-11-26-25(17-23)28-19-34-26/h3-11,16-17,19H,12-15,18H2,1-2H3,(H,29,31). The number of ether oxygens (including phenoxy) is 2. The zero-order chi connectivity index (χ0) is 23.8. The van der Waals surface area contributed by atoms with E-state index in [0.717, 1.165) is 45.7 Å². The van der Waals surface area contributed by atoms with Crippen LogP contribution in [0.5, 0.6) is 0 Å². The highest BCUT2D eigenvalue weighted by Crippen LogP contribution is 2.27. The molecule has 0 spiro atoms. The van der Waals surface area contributed by atoms with Crippen molar-refractivity contribution in [2.24, 2.45) is 0 Å². The van der Waals surface area contributed by atoms with Crippen LogP contribution in [0.4, 0.5) is 5.69 Å². The Hall–Kier alpha value is -3.10. The summed E-state index contributed by atoms with van der Waals surface area (Å²) >= 11 is 1.58. The molecule has 0 bridgehead atoms. The Labute approximate surface area is 204 Å². The third-order valence-electron chi connectivity index (χ3n) is 5.66. The molecule has 3 aromatic carbocycles. The molecule has 0 saturated carbocycles. The maximum Gasteiger partial charge on any atom is 0.255 e. The van der Waals surface area contributed by atoms with E-state index in [9.17, 15) is 4.79 Å². The van der Waals surface area contributed by atoms with Crippen LogP contribution < -0.4 is 5.32 Å². The normalized spacial score (nSPS) is 11.3. The van der Waals surface area contributed by atoms with Crippen molar-refractivity contribution in [1.29, 1.82) is 0 Å². The number of anilines is 1. The summed E-state index contributed by atoms with van der Waals surface area (Å²) in [5.74, 6) is -0.143. The molecule has 0 aliphatic heterocycles. The van der Waals surface area contributed by atoms with Crippen molar-refractivity contribution in [3.8, 4) is 11.1 Å². The van der Waals surface area contributed by atoms with Gasteiger partial charge in [-0.25, -0.2) is 4.98 Å². The highest BCUT2D eigenvalue weighted by Gasteiger charge is 2.15. The number of carbonyl (C=O) groups is 1. The van der Waals surface area contributed by atoms with Crippen LogP contribution in [-0.2, 0) is 16.0 Å². The Balaban J connectivity index is 1.62. The number of rotatable bonds is 11. The molecule has 0 fully saturated rings. The second-order valence-electron chi connectivity index (χ2n) is 7.99. The highest BCUT2D eigenvalue weighted by molar-refractivity contribution is 7.16. The third kappa shape index (κ3) is 6.07. The maximum absolute atomic E-state index is 13.1. The van der Waals surface area contributed by atoms with E-state index in [1.807, 2.05) is 60.1 Å². The number of nitrogens with zero attached hydrogens (tertiary/aromatic N) is 2. The predicted molar refractivity (Wildman–Crippen MR) is 138 cm³/mol. The number of benzene rings is 3. The van der Waals surface area contributed by atoms with Crippen molar-refractivity contribution in [2.45, 2.75) is 6.54 Å². The number of amides is 1. The molecule has 176 valence electrons. The van der Waals surface area contributed by atoms with E-state index in [0.29, 0.717) is 25.3 Å². The molecular weight excluding hydrogens is 446 g/mol. The number of thiazole rings is 1. The van der Waals surface area contributed by atoms with Gasteiger partial charge in [-0.05, 0) is 47.0 Å². The van der Waals surface area contributed by atoms with Gasteiger partial charge in [0.1, 0.15) is 0 Å². The van der Waals surface area contributed by atoms with Gasteiger partial charge in [0, 0.05) is 45.1 Å². The number of nitrogens with one attached hydrogen (secondary N) is 1. The van der Waals surface area contributed by atoms with Gasteiger partial charge in [-0.2, -0.15) is 0 Å². The van der Waals surface area contributed by atoms with Crippen molar-refractivity contribution in [1.82, 2.24) is 9.88 Å². The van der Waals surface area contributed by atoms with E-state index in [1.165, 1.54) is 0 Å². The SMILES string of the molecule is COCCN(CCOC)Cc1cc(C(=O)Nc2ccc3scnc3c2)ccc1-c1ccccc1.